The monoisotopic (exact) mass is 1090 g/mol. The molecule has 0 saturated carbocycles. The summed E-state index contributed by atoms with van der Waals surface area (Å²) in [5.74, 6) is 5.51. The average molecular weight is 1100 g/mol. The van der Waals surface area contributed by atoms with Crippen LogP contribution in [-0.4, -0.2) is 9.13 Å². The van der Waals surface area contributed by atoms with Crippen molar-refractivity contribution in [2.75, 3.05) is 9.80 Å². The first-order valence-corrected chi connectivity index (χ1v) is 28.7. The Balaban J connectivity index is 0.811. The van der Waals surface area contributed by atoms with E-state index in [9.17, 15) is 0 Å². The van der Waals surface area contributed by atoms with Gasteiger partial charge in [-0.15, -0.1) is 0 Å². The van der Waals surface area contributed by atoms with Gasteiger partial charge in [-0.25, -0.2) is 0 Å². The molecule has 0 radical (unpaired) electrons. The minimum Gasteiger partial charge on any atom is -0.449 e. The fourth-order valence-electron chi connectivity index (χ4n) is 12.9. The Labute approximate surface area is 490 Å². The van der Waals surface area contributed by atoms with Gasteiger partial charge in [-0.2, -0.15) is 0 Å². The molecule has 0 saturated heterocycles. The van der Waals surface area contributed by atoms with Gasteiger partial charge in [-0.05, 0) is 162 Å². The molecule has 2 aliphatic heterocycles. The molecule has 0 spiro atoms. The van der Waals surface area contributed by atoms with Crippen molar-refractivity contribution in [3.63, 3.8) is 0 Å². The highest BCUT2D eigenvalue weighted by Crippen LogP contribution is 2.53. The third kappa shape index (κ3) is 7.91. The molecule has 1 aliphatic carbocycles. The Morgan fingerprint density at radius 2 is 0.847 bits per heavy atom. The maximum absolute atomic E-state index is 6.96. The van der Waals surface area contributed by atoms with E-state index < -0.39 is 0 Å². The number of para-hydroxylation sites is 8. The van der Waals surface area contributed by atoms with E-state index in [1.165, 1.54) is 0 Å². The molecule has 3 aliphatic rings. The van der Waals surface area contributed by atoms with E-state index in [4.69, 9.17) is 18.9 Å². The summed E-state index contributed by atoms with van der Waals surface area (Å²) >= 11 is 0. The summed E-state index contributed by atoms with van der Waals surface area (Å²) < 4.78 is 31.8. The summed E-state index contributed by atoms with van der Waals surface area (Å²) in [6.45, 7) is 0. The van der Waals surface area contributed by atoms with Gasteiger partial charge in [0.25, 0.3) is 0 Å². The van der Waals surface area contributed by atoms with Gasteiger partial charge in [0.1, 0.15) is 0 Å². The van der Waals surface area contributed by atoms with Crippen LogP contribution in [0, 0.1) is 0 Å². The van der Waals surface area contributed by atoms with E-state index in [1.807, 2.05) is 54.6 Å². The number of hydrogen-bond donors (Lipinski definition) is 0. The zero-order chi connectivity index (χ0) is 56.0. The Bertz CT molecular complexity index is 4950. The largest absolute Gasteiger partial charge is 0.449 e. The molecular weight excluding hydrogens is 1040 g/mol. The van der Waals surface area contributed by atoms with E-state index in [1.54, 1.807) is 0 Å². The standard InChI is InChI=1S/C77H50N4O4/c1-5-20-51(21-6-1)78(52-22-7-2-8-23-52)56-40-43-64-61(48-56)75-67(46-47-73-77(75)85-71-34-18-16-32-69(71)83-73)80(64)55-38-36-50(37-39-55)58-42-45-63(60-29-14-13-28-59(58)60)81-65-44-41-57(79(53-24-9-3-10-25-53)54-26-11-4-12-27-54)49-62(65)74-66(81)30-19-35-72-76(74)84-70-33-17-15-31-68(70)82-72/h1-29,31-49H,30H2. The highest BCUT2D eigenvalue weighted by Gasteiger charge is 2.32. The number of aromatic nitrogens is 2. The predicted molar refractivity (Wildman–Crippen MR) is 344 cm³/mol. The highest BCUT2D eigenvalue weighted by atomic mass is 16.6. The molecule has 2 aromatic heterocycles. The smallest absolute Gasteiger partial charge is 0.180 e. The first-order valence-electron chi connectivity index (χ1n) is 28.7. The van der Waals surface area contributed by atoms with Crippen molar-refractivity contribution in [3.8, 4) is 57.0 Å². The molecule has 17 rings (SSSR count). The minimum absolute atomic E-state index is 0.645. The van der Waals surface area contributed by atoms with Crippen molar-refractivity contribution in [3.05, 3.63) is 308 Å². The van der Waals surface area contributed by atoms with Crippen LogP contribution < -0.4 is 28.7 Å². The Hall–Kier alpha value is -11.5. The third-order valence-electron chi connectivity index (χ3n) is 16.6. The molecule has 4 heterocycles. The number of fused-ring (bicyclic) bond motifs is 12. The number of rotatable bonds is 9. The first-order chi connectivity index (χ1) is 42.2. The van der Waals surface area contributed by atoms with Gasteiger partial charge in [0.2, 0.25) is 0 Å². The molecule has 0 amide bonds. The normalized spacial score (nSPS) is 12.9. The number of hydrogen-bond acceptors (Lipinski definition) is 6. The number of anilines is 6. The Morgan fingerprint density at radius 1 is 0.341 bits per heavy atom. The molecule has 85 heavy (non-hydrogen) atoms. The summed E-state index contributed by atoms with van der Waals surface area (Å²) in [7, 11) is 0. The topological polar surface area (TPSA) is 53.3 Å². The lowest BCUT2D eigenvalue weighted by Gasteiger charge is -2.26. The fraction of sp³-hybridized carbons (Fsp3) is 0.0130. The van der Waals surface area contributed by atoms with Gasteiger partial charge in [0.05, 0.1) is 33.2 Å². The zero-order valence-corrected chi connectivity index (χ0v) is 45.8. The number of nitrogens with zero attached hydrogens (tertiary/aromatic N) is 4. The second kappa shape index (κ2) is 19.6. The predicted octanol–water partition coefficient (Wildman–Crippen LogP) is 20.6. The lowest BCUT2D eigenvalue weighted by Crippen LogP contribution is -2.11. The maximum atomic E-state index is 6.96. The van der Waals surface area contributed by atoms with Gasteiger partial charge in [0, 0.05) is 68.1 Å². The Morgan fingerprint density at radius 3 is 1.46 bits per heavy atom. The highest BCUT2D eigenvalue weighted by molar-refractivity contribution is 6.15. The SMILES string of the molecule is C1=CC2=C(Oc3ccccc3O2)c2c(n(-c3ccc(-c4ccc(-n5c6ccc(N(c7ccccc7)c7ccccc7)cc6c6c7c(ccc65)Oc5ccccc5O7)cc4)c4ccccc34)c3ccc(N(c4ccccc4)c4ccccc4)cc23)C1. The summed E-state index contributed by atoms with van der Waals surface area (Å²) in [6, 6.07) is 98.1. The van der Waals surface area contributed by atoms with E-state index in [0.29, 0.717) is 52.4 Å². The molecular formula is C77H50N4O4. The molecule has 14 aromatic rings. The van der Waals surface area contributed by atoms with Crippen molar-refractivity contribution in [1.29, 1.82) is 0 Å². The van der Waals surface area contributed by atoms with Gasteiger partial charge in [-0.1, -0.05) is 146 Å². The fourth-order valence-corrected chi connectivity index (χ4v) is 12.9. The van der Waals surface area contributed by atoms with Crippen molar-refractivity contribution in [2.24, 2.45) is 0 Å². The van der Waals surface area contributed by atoms with Crippen LogP contribution in [0.1, 0.15) is 11.3 Å². The maximum Gasteiger partial charge on any atom is 0.180 e. The van der Waals surface area contributed by atoms with Crippen molar-refractivity contribution in [2.45, 2.75) is 6.42 Å². The molecule has 0 bridgehead atoms. The van der Waals surface area contributed by atoms with Gasteiger partial charge in [-0.3, -0.25) is 0 Å². The van der Waals surface area contributed by atoms with Gasteiger partial charge >= 0.3 is 0 Å². The number of benzene rings is 12. The molecule has 402 valence electrons. The van der Waals surface area contributed by atoms with Crippen LogP contribution in [0.3, 0.4) is 0 Å². The summed E-state index contributed by atoms with van der Waals surface area (Å²) in [6.07, 6.45) is 4.90. The van der Waals surface area contributed by atoms with Crippen LogP contribution in [-0.2, 0) is 6.42 Å². The average Bonchev–Trinajstić information content (AvgIpc) is 1.81. The summed E-state index contributed by atoms with van der Waals surface area (Å²) in [5, 5.41) is 5.35. The lowest BCUT2D eigenvalue weighted by atomic mass is 9.96. The van der Waals surface area contributed by atoms with Crippen LogP contribution in [0.4, 0.5) is 34.1 Å². The first kappa shape index (κ1) is 48.2. The lowest BCUT2D eigenvalue weighted by molar-refractivity contribution is 0.359. The van der Waals surface area contributed by atoms with Crippen LogP contribution in [0.5, 0.6) is 34.5 Å². The van der Waals surface area contributed by atoms with E-state index in [-0.39, 0.29) is 0 Å². The zero-order valence-electron chi connectivity index (χ0n) is 45.8. The third-order valence-corrected chi connectivity index (χ3v) is 16.6. The van der Waals surface area contributed by atoms with Gasteiger partial charge < -0.3 is 37.9 Å². The van der Waals surface area contributed by atoms with E-state index in [0.717, 1.165) is 111 Å². The van der Waals surface area contributed by atoms with Crippen LogP contribution in [0.2, 0.25) is 0 Å². The van der Waals surface area contributed by atoms with Crippen molar-refractivity contribution >= 4 is 83.4 Å². The molecule has 0 atom stereocenters. The number of ether oxygens (including phenoxy) is 4. The molecule has 0 fully saturated rings. The quantitative estimate of drug-likeness (QED) is 0.144. The van der Waals surface area contributed by atoms with Crippen molar-refractivity contribution < 1.29 is 18.9 Å². The minimum atomic E-state index is 0.645. The van der Waals surface area contributed by atoms with Crippen LogP contribution >= 0.6 is 0 Å². The summed E-state index contributed by atoms with van der Waals surface area (Å²) in [5.41, 5.74) is 15.9. The molecule has 8 nitrogen and oxygen atoms in total. The van der Waals surface area contributed by atoms with Crippen LogP contribution in [0.25, 0.3) is 71.7 Å². The Kier molecular flexibility index (Phi) is 11.1. The van der Waals surface area contributed by atoms with E-state index in [2.05, 4.69) is 256 Å². The second-order valence-corrected chi connectivity index (χ2v) is 21.5. The van der Waals surface area contributed by atoms with Crippen molar-refractivity contribution in [1.82, 2.24) is 9.13 Å². The second-order valence-electron chi connectivity index (χ2n) is 21.5. The molecule has 0 unspecified atom stereocenters. The summed E-state index contributed by atoms with van der Waals surface area (Å²) in [4.78, 5) is 4.62. The molecule has 8 heteroatoms. The van der Waals surface area contributed by atoms with Crippen LogP contribution in [0.15, 0.2) is 297 Å². The molecule has 12 aromatic carbocycles. The van der Waals surface area contributed by atoms with Gasteiger partial charge in [0.15, 0.2) is 46.0 Å². The number of allylic oxidation sites excluding steroid dienone is 2. The molecule has 0 N–H and O–H groups in total. The van der Waals surface area contributed by atoms with E-state index >= 15 is 0 Å².